The van der Waals surface area contributed by atoms with Crippen LogP contribution in [0.1, 0.15) is 43.4 Å². The zero-order chi connectivity index (χ0) is 20.1. The third kappa shape index (κ3) is 3.56. The Hall–Kier alpha value is -2.25. The number of aromatic nitrogens is 2. The molecule has 1 aromatic carbocycles. The fourth-order valence-electron chi connectivity index (χ4n) is 3.46. The van der Waals surface area contributed by atoms with E-state index in [1.54, 1.807) is 12.1 Å². The van der Waals surface area contributed by atoms with Gasteiger partial charge in [-0.3, -0.25) is 14.5 Å². The SMILES string of the molecule is CC(C)(C)c1nc2c(c(=O)[nH]1)CN(Cc1coc3ccc(Br)cc3c1=O)CC2. The molecule has 0 saturated carbocycles. The van der Waals surface area contributed by atoms with Crippen LogP contribution in [0.2, 0.25) is 0 Å². The second-order valence-electron chi connectivity index (χ2n) is 8.28. The van der Waals surface area contributed by atoms with Crippen LogP contribution in [0.25, 0.3) is 11.0 Å². The van der Waals surface area contributed by atoms with Gasteiger partial charge in [0.25, 0.3) is 5.56 Å². The topological polar surface area (TPSA) is 79.2 Å². The minimum Gasteiger partial charge on any atom is -0.464 e. The Morgan fingerprint density at radius 1 is 1.29 bits per heavy atom. The number of H-pyrrole nitrogens is 1. The van der Waals surface area contributed by atoms with E-state index in [0.29, 0.717) is 47.4 Å². The van der Waals surface area contributed by atoms with Crippen LogP contribution in [-0.2, 0) is 24.9 Å². The molecule has 2 aromatic heterocycles. The quantitative estimate of drug-likeness (QED) is 0.655. The minimum absolute atomic E-state index is 0.0385. The maximum Gasteiger partial charge on any atom is 0.255 e. The van der Waals surface area contributed by atoms with Crippen LogP contribution >= 0.6 is 15.9 Å². The summed E-state index contributed by atoms with van der Waals surface area (Å²) in [6.45, 7) is 7.74. The molecule has 0 atom stereocenters. The molecule has 28 heavy (non-hydrogen) atoms. The highest BCUT2D eigenvalue weighted by molar-refractivity contribution is 9.10. The molecule has 0 saturated heterocycles. The summed E-state index contributed by atoms with van der Waals surface area (Å²) >= 11 is 3.40. The molecule has 0 spiro atoms. The van der Waals surface area contributed by atoms with E-state index < -0.39 is 0 Å². The van der Waals surface area contributed by atoms with Crippen molar-refractivity contribution in [2.45, 2.75) is 45.7 Å². The number of nitrogens with one attached hydrogen (secondary N) is 1. The number of fused-ring (bicyclic) bond motifs is 2. The molecule has 0 aliphatic carbocycles. The van der Waals surface area contributed by atoms with Gasteiger partial charge in [-0.15, -0.1) is 0 Å². The molecular formula is C21H22BrN3O3. The van der Waals surface area contributed by atoms with E-state index in [4.69, 9.17) is 4.42 Å². The summed E-state index contributed by atoms with van der Waals surface area (Å²) in [5.41, 5.74) is 2.37. The van der Waals surface area contributed by atoms with Crippen LogP contribution in [0, 0.1) is 0 Å². The average Bonchev–Trinajstić information content (AvgIpc) is 2.64. The van der Waals surface area contributed by atoms with Gasteiger partial charge >= 0.3 is 0 Å². The molecule has 0 bridgehead atoms. The number of rotatable bonds is 2. The van der Waals surface area contributed by atoms with Crippen LogP contribution in [0.4, 0.5) is 0 Å². The number of aromatic amines is 1. The summed E-state index contributed by atoms with van der Waals surface area (Å²) in [5.74, 6) is 0.713. The van der Waals surface area contributed by atoms with Gasteiger partial charge in [-0.05, 0) is 18.2 Å². The largest absolute Gasteiger partial charge is 0.464 e. The molecule has 3 aromatic rings. The van der Waals surface area contributed by atoms with E-state index in [1.165, 1.54) is 6.26 Å². The molecule has 4 rings (SSSR count). The van der Waals surface area contributed by atoms with Gasteiger partial charge in [0.15, 0.2) is 5.43 Å². The van der Waals surface area contributed by atoms with Crippen LogP contribution < -0.4 is 11.0 Å². The van der Waals surface area contributed by atoms with Gasteiger partial charge in [-0.25, -0.2) is 4.98 Å². The maximum atomic E-state index is 12.8. The van der Waals surface area contributed by atoms with E-state index in [9.17, 15) is 9.59 Å². The van der Waals surface area contributed by atoms with E-state index in [-0.39, 0.29) is 16.4 Å². The van der Waals surface area contributed by atoms with E-state index in [1.807, 2.05) is 26.8 Å². The zero-order valence-corrected chi connectivity index (χ0v) is 17.7. The van der Waals surface area contributed by atoms with Gasteiger partial charge in [0, 0.05) is 41.5 Å². The first kappa shape index (κ1) is 19.1. The molecule has 0 radical (unpaired) electrons. The molecule has 146 valence electrons. The van der Waals surface area contributed by atoms with Gasteiger partial charge in [-0.2, -0.15) is 0 Å². The summed E-state index contributed by atoms with van der Waals surface area (Å²) in [6, 6.07) is 5.40. The normalized spacial score (nSPS) is 15.0. The maximum absolute atomic E-state index is 12.8. The van der Waals surface area contributed by atoms with Crippen molar-refractivity contribution in [1.82, 2.24) is 14.9 Å². The molecule has 3 heterocycles. The smallest absolute Gasteiger partial charge is 0.255 e. The van der Waals surface area contributed by atoms with Crippen molar-refractivity contribution in [3.63, 3.8) is 0 Å². The van der Waals surface area contributed by atoms with Gasteiger partial charge < -0.3 is 9.40 Å². The number of halogens is 1. The van der Waals surface area contributed by atoms with Crippen molar-refractivity contribution in [2.75, 3.05) is 6.54 Å². The lowest BCUT2D eigenvalue weighted by Gasteiger charge is -2.28. The monoisotopic (exact) mass is 443 g/mol. The fourth-order valence-corrected chi connectivity index (χ4v) is 3.83. The Morgan fingerprint density at radius 3 is 2.82 bits per heavy atom. The molecule has 0 amide bonds. The van der Waals surface area contributed by atoms with Crippen LogP contribution in [0.15, 0.2) is 42.9 Å². The summed E-state index contributed by atoms with van der Waals surface area (Å²) < 4.78 is 6.48. The Labute approximate surface area is 170 Å². The second-order valence-corrected chi connectivity index (χ2v) is 9.20. The summed E-state index contributed by atoms with van der Waals surface area (Å²) in [5, 5.41) is 0.554. The van der Waals surface area contributed by atoms with Crippen molar-refractivity contribution in [2.24, 2.45) is 0 Å². The van der Waals surface area contributed by atoms with Gasteiger partial charge in [0.05, 0.1) is 22.9 Å². The highest BCUT2D eigenvalue weighted by Gasteiger charge is 2.25. The number of benzene rings is 1. The standard InChI is InChI=1S/C21H22BrN3O3/c1-21(2,3)20-23-16-6-7-25(10-15(16)19(27)24-20)9-12-11-28-17-5-4-13(22)8-14(17)18(12)26/h4-5,8,11H,6-7,9-10H2,1-3H3,(H,23,24,27). The molecule has 7 heteroatoms. The molecule has 0 unspecified atom stereocenters. The molecule has 1 aliphatic heterocycles. The summed E-state index contributed by atoms with van der Waals surface area (Å²) in [6.07, 6.45) is 2.21. The van der Waals surface area contributed by atoms with E-state index in [2.05, 4.69) is 30.8 Å². The molecule has 6 nitrogen and oxygen atoms in total. The first-order valence-corrected chi connectivity index (χ1v) is 10.1. The fraction of sp³-hybridized carbons (Fsp3) is 0.381. The third-order valence-electron chi connectivity index (χ3n) is 5.06. The highest BCUT2D eigenvalue weighted by atomic mass is 79.9. The van der Waals surface area contributed by atoms with Crippen molar-refractivity contribution in [3.05, 3.63) is 72.2 Å². The lowest BCUT2D eigenvalue weighted by molar-refractivity contribution is 0.238. The second kappa shape index (κ2) is 6.97. The number of hydrogen-bond acceptors (Lipinski definition) is 5. The van der Waals surface area contributed by atoms with E-state index >= 15 is 0 Å². The van der Waals surface area contributed by atoms with Crippen LogP contribution in [-0.4, -0.2) is 21.4 Å². The van der Waals surface area contributed by atoms with Crippen molar-refractivity contribution in [1.29, 1.82) is 0 Å². The first-order valence-electron chi connectivity index (χ1n) is 9.27. The predicted octanol–water partition coefficient (Wildman–Crippen LogP) is 3.49. The summed E-state index contributed by atoms with van der Waals surface area (Å²) in [7, 11) is 0. The van der Waals surface area contributed by atoms with Gasteiger partial charge in [-0.1, -0.05) is 36.7 Å². The Balaban J connectivity index is 1.62. The highest BCUT2D eigenvalue weighted by Crippen LogP contribution is 2.22. The van der Waals surface area contributed by atoms with Crippen molar-refractivity contribution >= 4 is 26.9 Å². The predicted molar refractivity (Wildman–Crippen MR) is 112 cm³/mol. The Bertz CT molecular complexity index is 1170. The van der Waals surface area contributed by atoms with Crippen molar-refractivity contribution < 1.29 is 4.42 Å². The lowest BCUT2D eigenvalue weighted by atomic mass is 9.95. The lowest BCUT2D eigenvalue weighted by Crippen LogP contribution is -2.37. The molecule has 1 N–H and O–H groups in total. The van der Waals surface area contributed by atoms with Gasteiger partial charge in [0.2, 0.25) is 0 Å². The van der Waals surface area contributed by atoms with Crippen molar-refractivity contribution in [3.8, 4) is 0 Å². The molecule has 1 aliphatic rings. The number of hydrogen-bond donors (Lipinski definition) is 1. The molecular weight excluding hydrogens is 422 g/mol. The Morgan fingerprint density at radius 2 is 2.07 bits per heavy atom. The first-order chi connectivity index (χ1) is 13.2. The zero-order valence-electron chi connectivity index (χ0n) is 16.1. The Kier molecular flexibility index (Phi) is 4.75. The summed E-state index contributed by atoms with van der Waals surface area (Å²) in [4.78, 5) is 35.1. The molecule has 0 fully saturated rings. The number of nitrogens with zero attached hydrogens (tertiary/aromatic N) is 2. The van der Waals surface area contributed by atoms with Gasteiger partial charge in [0.1, 0.15) is 11.4 Å². The minimum atomic E-state index is -0.205. The average molecular weight is 444 g/mol. The third-order valence-corrected chi connectivity index (χ3v) is 5.55. The van der Waals surface area contributed by atoms with E-state index in [0.717, 1.165) is 16.7 Å². The van der Waals surface area contributed by atoms with Crippen LogP contribution in [0.5, 0.6) is 0 Å². The van der Waals surface area contributed by atoms with Crippen LogP contribution in [0.3, 0.4) is 0 Å².